The van der Waals surface area contributed by atoms with Crippen LogP contribution >= 0.6 is 11.8 Å². The first-order chi connectivity index (χ1) is 6.22. The molecular weight excluding hydrogens is 182 g/mol. The molecular formula is C9H15N3S. The quantitative estimate of drug-likeness (QED) is 0.586. The van der Waals surface area contributed by atoms with E-state index in [0.717, 1.165) is 16.5 Å². The first-order valence-corrected chi connectivity index (χ1v) is 5.29. The first kappa shape index (κ1) is 10.5. The molecule has 1 N–H and O–H groups in total. The highest BCUT2D eigenvalue weighted by atomic mass is 32.2. The Bertz CT molecular complexity index is 248. The third-order valence-electron chi connectivity index (χ3n) is 1.71. The fourth-order valence-corrected chi connectivity index (χ4v) is 1.56. The molecule has 0 aliphatic heterocycles. The van der Waals surface area contributed by atoms with E-state index in [0.29, 0.717) is 6.04 Å². The summed E-state index contributed by atoms with van der Waals surface area (Å²) in [6, 6.07) is 0.495. The molecule has 1 unspecified atom stereocenters. The first-order valence-electron chi connectivity index (χ1n) is 4.31. The summed E-state index contributed by atoms with van der Waals surface area (Å²) in [5.41, 5.74) is 1.10. The van der Waals surface area contributed by atoms with Gasteiger partial charge in [0.1, 0.15) is 0 Å². The molecule has 1 atom stereocenters. The molecule has 0 saturated carbocycles. The van der Waals surface area contributed by atoms with Crippen molar-refractivity contribution in [1.82, 2.24) is 15.3 Å². The molecule has 3 nitrogen and oxygen atoms in total. The molecule has 0 saturated heterocycles. The fourth-order valence-electron chi connectivity index (χ4n) is 0.738. The lowest BCUT2D eigenvalue weighted by Crippen LogP contribution is -2.23. The van der Waals surface area contributed by atoms with Crippen LogP contribution in [0.5, 0.6) is 0 Å². The van der Waals surface area contributed by atoms with Crippen molar-refractivity contribution in [2.75, 3.05) is 12.8 Å². The summed E-state index contributed by atoms with van der Waals surface area (Å²) in [6.07, 6.45) is 3.69. The van der Waals surface area contributed by atoms with Crippen LogP contribution in [0.3, 0.4) is 0 Å². The Morgan fingerprint density at radius 3 is 2.62 bits per heavy atom. The highest BCUT2D eigenvalue weighted by molar-refractivity contribution is 7.99. The molecule has 1 heterocycles. The van der Waals surface area contributed by atoms with Gasteiger partial charge in [0, 0.05) is 24.2 Å². The van der Waals surface area contributed by atoms with E-state index < -0.39 is 0 Å². The second-order valence-electron chi connectivity index (χ2n) is 3.04. The van der Waals surface area contributed by atoms with E-state index in [9.17, 15) is 0 Å². The minimum atomic E-state index is 0.495. The number of rotatable bonds is 4. The molecule has 72 valence electrons. The van der Waals surface area contributed by atoms with Crippen LogP contribution in [-0.4, -0.2) is 28.8 Å². The van der Waals surface area contributed by atoms with Gasteiger partial charge >= 0.3 is 0 Å². The van der Waals surface area contributed by atoms with Gasteiger partial charge in [-0.3, -0.25) is 0 Å². The topological polar surface area (TPSA) is 37.8 Å². The molecule has 0 amide bonds. The number of hydrogen-bond acceptors (Lipinski definition) is 4. The van der Waals surface area contributed by atoms with Crippen molar-refractivity contribution in [3.05, 3.63) is 18.0 Å². The van der Waals surface area contributed by atoms with Crippen molar-refractivity contribution in [2.45, 2.75) is 25.0 Å². The van der Waals surface area contributed by atoms with Crippen LogP contribution in [0.1, 0.15) is 12.5 Å². The largest absolute Gasteiger partial charge is 0.316 e. The third-order valence-corrected chi connectivity index (χ3v) is 2.85. The normalized spacial score (nSPS) is 12.8. The molecule has 0 radical (unpaired) electrons. The van der Waals surface area contributed by atoms with E-state index in [-0.39, 0.29) is 0 Å². The van der Waals surface area contributed by atoms with Gasteiger partial charge in [0.25, 0.3) is 0 Å². The van der Waals surface area contributed by atoms with Crippen LogP contribution in [0.15, 0.2) is 17.6 Å². The SMILES string of the molecule is CNC(C)CSc1ncc(C)cn1. The van der Waals surface area contributed by atoms with Crippen LogP contribution < -0.4 is 5.32 Å². The van der Waals surface area contributed by atoms with Crippen LogP contribution in [0.2, 0.25) is 0 Å². The van der Waals surface area contributed by atoms with Crippen LogP contribution in [0.4, 0.5) is 0 Å². The monoisotopic (exact) mass is 197 g/mol. The number of nitrogens with one attached hydrogen (secondary N) is 1. The van der Waals surface area contributed by atoms with Crippen molar-refractivity contribution in [3.63, 3.8) is 0 Å². The Hall–Kier alpha value is -0.610. The average molecular weight is 197 g/mol. The van der Waals surface area contributed by atoms with E-state index in [1.54, 1.807) is 11.8 Å². The van der Waals surface area contributed by atoms with Gasteiger partial charge in [-0.25, -0.2) is 9.97 Å². The van der Waals surface area contributed by atoms with Gasteiger partial charge in [0.05, 0.1) is 0 Å². The predicted molar refractivity (Wildman–Crippen MR) is 56.0 cm³/mol. The minimum Gasteiger partial charge on any atom is -0.316 e. The van der Waals surface area contributed by atoms with Crippen molar-refractivity contribution in [1.29, 1.82) is 0 Å². The van der Waals surface area contributed by atoms with Gasteiger partial charge in [-0.05, 0) is 26.5 Å². The highest BCUT2D eigenvalue weighted by Crippen LogP contribution is 2.12. The average Bonchev–Trinajstić information content (AvgIpc) is 2.16. The molecule has 0 aromatic carbocycles. The minimum absolute atomic E-state index is 0.495. The third kappa shape index (κ3) is 3.74. The van der Waals surface area contributed by atoms with Crippen molar-refractivity contribution >= 4 is 11.8 Å². The lowest BCUT2D eigenvalue weighted by atomic mass is 10.4. The molecule has 13 heavy (non-hydrogen) atoms. The van der Waals surface area contributed by atoms with E-state index in [1.807, 2.05) is 26.4 Å². The Morgan fingerprint density at radius 2 is 2.08 bits per heavy atom. The van der Waals surface area contributed by atoms with E-state index in [2.05, 4.69) is 22.2 Å². The molecule has 1 aromatic heterocycles. The van der Waals surface area contributed by atoms with Crippen molar-refractivity contribution < 1.29 is 0 Å². The Morgan fingerprint density at radius 1 is 1.46 bits per heavy atom. The Kier molecular flexibility index (Phi) is 4.18. The second-order valence-corrected chi connectivity index (χ2v) is 4.03. The zero-order chi connectivity index (χ0) is 9.68. The summed E-state index contributed by atoms with van der Waals surface area (Å²) in [5, 5.41) is 4.02. The number of hydrogen-bond donors (Lipinski definition) is 1. The van der Waals surface area contributed by atoms with Gasteiger partial charge in [0.15, 0.2) is 5.16 Å². The number of nitrogens with zero attached hydrogens (tertiary/aromatic N) is 2. The van der Waals surface area contributed by atoms with E-state index >= 15 is 0 Å². The maximum Gasteiger partial charge on any atom is 0.187 e. The summed E-state index contributed by atoms with van der Waals surface area (Å²) < 4.78 is 0. The maximum absolute atomic E-state index is 4.21. The Balaban J connectivity index is 2.41. The number of aromatic nitrogens is 2. The molecule has 0 bridgehead atoms. The molecule has 4 heteroatoms. The van der Waals surface area contributed by atoms with Gasteiger partial charge in [0.2, 0.25) is 0 Å². The van der Waals surface area contributed by atoms with Crippen LogP contribution in [-0.2, 0) is 0 Å². The lowest BCUT2D eigenvalue weighted by molar-refractivity contribution is 0.676. The molecule has 0 aliphatic carbocycles. The number of aryl methyl sites for hydroxylation is 1. The fraction of sp³-hybridized carbons (Fsp3) is 0.556. The summed E-state index contributed by atoms with van der Waals surface area (Å²) >= 11 is 1.68. The zero-order valence-corrected chi connectivity index (χ0v) is 9.06. The molecule has 1 rings (SSSR count). The molecule has 1 aromatic rings. The zero-order valence-electron chi connectivity index (χ0n) is 8.24. The van der Waals surface area contributed by atoms with Gasteiger partial charge < -0.3 is 5.32 Å². The standard InChI is InChI=1S/C9H15N3S/c1-7-4-11-9(12-5-7)13-6-8(2)10-3/h4-5,8,10H,6H2,1-3H3. The predicted octanol–water partition coefficient (Wildman–Crippen LogP) is 1.49. The summed E-state index contributed by atoms with van der Waals surface area (Å²) in [7, 11) is 1.96. The Labute approximate surface area is 83.4 Å². The summed E-state index contributed by atoms with van der Waals surface area (Å²) in [6.45, 7) is 4.13. The van der Waals surface area contributed by atoms with Crippen LogP contribution in [0.25, 0.3) is 0 Å². The van der Waals surface area contributed by atoms with Gasteiger partial charge in [-0.2, -0.15) is 0 Å². The summed E-state index contributed by atoms with van der Waals surface area (Å²) in [5.74, 6) is 1.000. The molecule has 0 fully saturated rings. The lowest BCUT2D eigenvalue weighted by Gasteiger charge is -2.07. The van der Waals surface area contributed by atoms with E-state index in [4.69, 9.17) is 0 Å². The second kappa shape index (κ2) is 5.19. The van der Waals surface area contributed by atoms with Crippen LogP contribution in [0, 0.1) is 6.92 Å². The van der Waals surface area contributed by atoms with Gasteiger partial charge in [-0.1, -0.05) is 11.8 Å². The highest BCUT2D eigenvalue weighted by Gasteiger charge is 2.01. The summed E-state index contributed by atoms with van der Waals surface area (Å²) in [4.78, 5) is 8.42. The van der Waals surface area contributed by atoms with Crippen molar-refractivity contribution in [2.24, 2.45) is 0 Å². The maximum atomic E-state index is 4.21. The molecule has 0 aliphatic rings. The smallest absolute Gasteiger partial charge is 0.187 e. The van der Waals surface area contributed by atoms with E-state index in [1.165, 1.54) is 0 Å². The van der Waals surface area contributed by atoms with Gasteiger partial charge in [-0.15, -0.1) is 0 Å². The molecule has 0 spiro atoms. The van der Waals surface area contributed by atoms with Crippen molar-refractivity contribution in [3.8, 4) is 0 Å². The number of thioether (sulfide) groups is 1.